The van der Waals surface area contributed by atoms with E-state index in [0.29, 0.717) is 12.6 Å². The summed E-state index contributed by atoms with van der Waals surface area (Å²) in [4.78, 5) is 4.59. The molecule has 0 aliphatic heterocycles. The summed E-state index contributed by atoms with van der Waals surface area (Å²) in [5, 5.41) is 2.24. The van der Waals surface area contributed by atoms with Crippen LogP contribution >= 0.6 is 0 Å². The Morgan fingerprint density at radius 1 is 1.20 bits per heavy atom. The summed E-state index contributed by atoms with van der Waals surface area (Å²) < 4.78 is 6.19. The molecule has 2 N–H and O–H groups in total. The zero-order valence-electron chi connectivity index (χ0n) is 12.0. The molecular formula is C17H22N2O. The van der Waals surface area contributed by atoms with Gasteiger partial charge in [0.25, 0.3) is 0 Å². The van der Waals surface area contributed by atoms with Crippen LogP contribution in [0.4, 0.5) is 0 Å². The minimum Gasteiger partial charge on any atom is -0.474 e. The van der Waals surface area contributed by atoms with Gasteiger partial charge in [0.15, 0.2) is 0 Å². The highest BCUT2D eigenvalue weighted by atomic mass is 16.5. The minimum atomic E-state index is 0.301. The number of hydrogen-bond donors (Lipinski definition) is 1. The molecular weight excluding hydrogens is 248 g/mol. The molecule has 1 aromatic heterocycles. The third-order valence-electron chi connectivity index (χ3n) is 4.21. The molecule has 106 valence electrons. The molecule has 1 aliphatic carbocycles. The predicted octanol–water partition coefficient (Wildman–Crippen LogP) is 3.65. The number of pyridine rings is 1. The second-order valence-electron chi connectivity index (χ2n) is 5.84. The summed E-state index contributed by atoms with van der Waals surface area (Å²) in [6.07, 6.45) is 5.06. The van der Waals surface area contributed by atoms with Crippen LogP contribution in [0, 0.1) is 5.92 Å². The van der Waals surface area contributed by atoms with Crippen LogP contribution in [-0.2, 0) is 6.54 Å². The molecule has 0 unspecified atom stereocenters. The number of fused-ring (bicyclic) bond motifs is 1. The Kier molecular flexibility index (Phi) is 3.88. The van der Waals surface area contributed by atoms with Crippen molar-refractivity contribution in [1.29, 1.82) is 0 Å². The summed E-state index contributed by atoms with van der Waals surface area (Å²) in [6, 6.07) is 10.3. The van der Waals surface area contributed by atoms with Crippen molar-refractivity contribution >= 4 is 10.8 Å². The SMILES string of the molecule is CC1CCC(Oc2nc(CN)cc3ccccc23)CC1. The molecule has 0 amide bonds. The lowest BCUT2D eigenvalue weighted by atomic mass is 9.89. The average molecular weight is 270 g/mol. The van der Waals surface area contributed by atoms with Crippen molar-refractivity contribution in [3.63, 3.8) is 0 Å². The van der Waals surface area contributed by atoms with Crippen LogP contribution in [0.25, 0.3) is 10.8 Å². The molecule has 3 nitrogen and oxygen atoms in total. The third kappa shape index (κ3) is 2.78. The standard InChI is InChI=1S/C17H22N2O/c1-12-6-8-15(9-7-12)20-17-16-5-3-2-4-13(16)10-14(11-18)19-17/h2-5,10,12,15H,6-9,11,18H2,1H3. The van der Waals surface area contributed by atoms with Crippen molar-refractivity contribution in [2.75, 3.05) is 0 Å². The van der Waals surface area contributed by atoms with Gasteiger partial charge in [-0.05, 0) is 49.1 Å². The van der Waals surface area contributed by atoms with Crippen molar-refractivity contribution in [3.8, 4) is 5.88 Å². The number of aromatic nitrogens is 1. The Balaban J connectivity index is 1.89. The summed E-state index contributed by atoms with van der Waals surface area (Å²) in [5.41, 5.74) is 6.63. The Morgan fingerprint density at radius 3 is 2.70 bits per heavy atom. The monoisotopic (exact) mass is 270 g/mol. The van der Waals surface area contributed by atoms with E-state index in [4.69, 9.17) is 10.5 Å². The smallest absolute Gasteiger partial charge is 0.221 e. The van der Waals surface area contributed by atoms with Crippen LogP contribution in [0.1, 0.15) is 38.3 Å². The van der Waals surface area contributed by atoms with Crippen molar-refractivity contribution < 1.29 is 4.74 Å². The van der Waals surface area contributed by atoms with Gasteiger partial charge in [-0.1, -0.05) is 25.1 Å². The Morgan fingerprint density at radius 2 is 1.95 bits per heavy atom. The van der Waals surface area contributed by atoms with Gasteiger partial charge in [0.1, 0.15) is 6.10 Å². The first-order chi connectivity index (χ1) is 9.76. The maximum Gasteiger partial charge on any atom is 0.221 e. The topological polar surface area (TPSA) is 48.1 Å². The van der Waals surface area contributed by atoms with E-state index in [1.54, 1.807) is 0 Å². The summed E-state index contributed by atoms with van der Waals surface area (Å²) in [5.74, 6) is 1.58. The summed E-state index contributed by atoms with van der Waals surface area (Å²) >= 11 is 0. The first-order valence-electron chi connectivity index (χ1n) is 7.51. The molecule has 1 heterocycles. The predicted molar refractivity (Wildman–Crippen MR) is 81.7 cm³/mol. The van der Waals surface area contributed by atoms with E-state index in [2.05, 4.69) is 24.0 Å². The maximum atomic E-state index is 6.19. The van der Waals surface area contributed by atoms with Gasteiger partial charge in [0, 0.05) is 11.9 Å². The Labute approximate surface area is 120 Å². The number of rotatable bonds is 3. The Bertz CT molecular complexity index is 589. The van der Waals surface area contributed by atoms with E-state index in [0.717, 1.165) is 41.1 Å². The molecule has 0 spiro atoms. The zero-order valence-corrected chi connectivity index (χ0v) is 12.0. The molecule has 1 aliphatic rings. The third-order valence-corrected chi connectivity index (χ3v) is 4.21. The first-order valence-corrected chi connectivity index (χ1v) is 7.51. The lowest BCUT2D eigenvalue weighted by Gasteiger charge is -2.27. The van der Waals surface area contributed by atoms with Crippen LogP contribution in [0.5, 0.6) is 5.88 Å². The van der Waals surface area contributed by atoms with Crippen molar-refractivity contribution in [2.45, 2.75) is 45.3 Å². The number of benzene rings is 1. The van der Waals surface area contributed by atoms with E-state index in [-0.39, 0.29) is 0 Å². The summed E-state index contributed by atoms with van der Waals surface area (Å²) in [7, 11) is 0. The van der Waals surface area contributed by atoms with Crippen LogP contribution < -0.4 is 10.5 Å². The minimum absolute atomic E-state index is 0.301. The largest absolute Gasteiger partial charge is 0.474 e. The van der Waals surface area contributed by atoms with Gasteiger partial charge < -0.3 is 10.5 Å². The number of nitrogens with zero attached hydrogens (tertiary/aromatic N) is 1. The second-order valence-corrected chi connectivity index (χ2v) is 5.84. The van der Waals surface area contributed by atoms with Gasteiger partial charge in [-0.15, -0.1) is 0 Å². The molecule has 2 aromatic rings. The van der Waals surface area contributed by atoms with E-state index in [1.807, 2.05) is 18.2 Å². The molecule has 0 bridgehead atoms. The van der Waals surface area contributed by atoms with Crippen molar-refractivity contribution in [3.05, 3.63) is 36.0 Å². The molecule has 3 heteroatoms. The van der Waals surface area contributed by atoms with Gasteiger partial charge in [0.2, 0.25) is 5.88 Å². The quantitative estimate of drug-likeness (QED) is 0.926. The molecule has 20 heavy (non-hydrogen) atoms. The fourth-order valence-electron chi connectivity index (χ4n) is 2.92. The molecule has 0 saturated heterocycles. The maximum absolute atomic E-state index is 6.19. The van der Waals surface area contributed by atoms with E-state index < -0.39 is 0 Å². The van der Waals surface area contributed by atoms with Crippen LogP contribution in [0.15, 0.2) is 30.3 Å². The number of hydrogen-bond acceptors (Lipinski definition) is 3. The molecule has 1 saturated carbocycles. The van der Waals surface area contributed by atoms with E-state index in [1.165, 1.54) is 12.8 Å². The molecule has 1 aromatic carbocycles. The van der Waals surface area contributed by atoms with Gasteiger partial charge in [0.05, 0.1) is 5.69 Å². The van der Waals surface area contributed by atoms with Gasteiger partial charge in [-0.25, -0.2) is 4.98 Å². The first kappa shape index (κ1) is 13.4. The highest BCUT2D eigenvalue weighted by molar-refractivity contribution is 5.87. The fourth-order valence-corrected chi connectivity index (χ4v) is 2.92. The molecule has 3 rings (SSSR count). The lowest BCUT2D eigenvalue weighted by Crippen LogP contribution is -2.23. The molecule has 0 atom stereocenters. The van der Waals surface area contributed by atoms with Gasteiger partial charge in [-0.3, -0.25) is 0 Å². The Hall–Kier alpha value is -1.61. The molecule has 0 radical (unpaired) electrons. The van der Waals surface area contributed by atoms with E-state index >= 15 is 0 Å². The highest BCUT2D eigenvalue weighted by Gasteiger charge is 2.20. The highest BCUT2D eigenvalue weighted by Crippen LogP contribution is 2.30. The van der Waals surface area contributed by atoms with E-state index in [9.17, 15) is 0 Å². The van der Waals surface area contributed by atoms with Crippen LogP contribution in [-0.4, -0.2) is 11.1 Å². The number of ether oxygens (including phenoxy) is 1. The van der Waals surface area contributed by atoms with Gasteiger partial charge in [-0.2, -0.15) is 0 Å². The lowest BCUT2D eigenvalue weighted by molar-refractivity contribution is 0.132. The van der Waals surface area contributed by atoms with Crippen molar-refractivity contribution in [1.82, 2.24) is 4.98 Å². The molecule has 1 fully saturated rings. The second kappa shape index (κ2) is 5.80. The average Bonchev–Trinajstić information content (AvgIpc) is 2.49. The number of nitrogens with two attached hydrogens (primary N) is 1. The zero-order chi connectivity index (χ0) is 13.9. The normalized spacial score (nSPS) is 22.9. The summed E-state index contributed by atoms with van der Waals surface area (Å²) in [6.45, 7) is 2.77. The van der Waals surface area contributed by atoms with Gasteiger partial charge >= 0.3 is 0 Å². The van der Waals surface area contributed by atoms with Crippen LogP contribution in [0.3, 0.4) is 0 Å². The van der Waals surface area contributed by atoms with Crippen molar-refractivity contribution in [2.24, 2.45) is 11.7 Å². The fraction of sp³-hybridized carbons (Fsp3) is 0.471. The van der Waals surface area contributed by atoms with Crippen LogP contribution in [0.2, 0.25) is 0 Å².